The van der Waals surface area contributed by atoms with Crippen LogP contribution in [-0.4, -0.2) is 54.6 Å². The predicted molar refractivity (Wildman–Crippen MR) is 114 cm³/mol. The van der Waals surface area contributed by atoms with Crippen LogP contribution in [0.3, 0.4) is 0 Å². The number of aliphatic imine (C=N–C) groups is 1. The van der Waals surface area contributed by atoms with Crippen molar-refractivity contribution in [2.45, 2.75) is 53.1 Å². The highest BCUT2D eigenvalue weighted by molar-refractivity contribution is 14.0. The van der Waals surface area contributed by atoms with E-state index in [4.69, 9.17) is 0 Å². The lowest BCUT2D eigenvalue weighted by atomic mass is 10.2. The minimum absolute atomic E-state index is 0. The quantitative estimate of drug-likeness (QED) is 0.366. The van der Waals surface area contributed by atoms with Gasteiger partial charge >= 0.3 is 0 Å². The van der Waals surface area contributed by atoms with Crippen molar-refractivity contribution >= 4 is 29.9 Å². The number of nitrogens with zero attached hydrogens (tertiary/aromatic N) is 3. The lowest BCUT2D eigenvalue weighted by Crippen LogP contribution is -2.45. The van der Waals surface area contributed by atoms with Crippen molar-refractivity contribution in [1.29, 1.82) is 0 Å². The molecule has 0 bridgehead atoms. The molecule has 5 nitrogen and oxygen atoms in total. The van der Waals surface area contributed by atoms with Gasteiger partial charge in [0.05, 0.1) is 0 Å². The molecule has 0 aliphatic heterocycles. The standard InChI is InChI=1S/C18H33N5.HI/c1-14(2)23(15(3)4)12-11-21-18(19-6)20-10-9-17-8-7-16(5)22-13-17;/h7-8,13-15H,9-12H2,1-6H3,(H2,19,20,21);1H. The van der Waals surface area contributed by atoms with Crippen LogP contribution in [0, 0.1) is 6.92 Å². The van der Waals surface area contributed by atoms with E-state index >= 15 is 0 Å². The second-order valence-corrected chi connectivity index (χ2v) is 6.41. The Morgan fingerprint density at radius 2 is 1.75 bits per heavy atom. The fourth-order valence-electron chi connectivity index (χ4n) is 2.61. The molecule has 2 N–H and O–H groups in total. The molecule has 1 aromatic rings. The second kappa shape index (κ2) is 12.5. The van der Waals surface area contributed by atoms with Crippen molar-refractivity contribution in [3.63, 3.8) is 0 Å². The maximum Gasteiger partial charge on any atom is 0.191 e. The third-order valence-electron chi connectivity index (χ3n) is 3.89. The zero-order chi connectivity index (χ0) is 17.2. The van der Waals surface area contributed by atoms with Gasteiger partial charge in [0.2, 0.25) is 0 Å². The van der Waals surface area contributed by atoms with Gasteiger partial charge in [0.25, 0.3) is 0 Å². The van der Waals surface area contributed by atoms with Crippen molar-refractivity contribution in [2.75, 3.05) is 26.7 Å². The lowest BCUT2D eigenvalue weighted by molar-refractivity contribution is 0.178. The van der Waals surface area contributed by atoms with Gasteiger partial charge < -0.3 is 10.6 Å². The van der Waals surface area contributed by atoms with Crippen molar-refractivity contribution in [1.82, 2.24) is 20.5 Å². The summed E-state index contributed by atoms with van der Waals surface area (Å²) in [6.07, 6.45) is 2.88. The van der Waals surface area contributed by atoms with Gasteiger partial charge in [-0.2, -0.15) is 0 Å². The van der Waals surface area contributed by atoms with Crippen LogP contribution in [-0.2, 0) is 6.42 Å². The van der Waals surface area contributed by atoms with Crippen LogP contribution in [0.1, 0.15) is 39.0 Å². The Labute approximate surface area is 164 Å². The summed E-state index contributed by atoms with van der Waals surface area (Å²) in [6.45, 7) is 13.7. The Bertz CT molecular complexity index is 463. The molecule has 0 radical (unpaired) electrons. The van der Waals surface area contributed by atoms with E-state index in [0.29, 0.717) is 12.1 Å². The molecule has 0 aliphatic carbocycles. The molecule has 1 heterocycles. The Kier molecular flexibility index (Phi) is 12.0. The van der Waals surface area contributed by atoms with Crippen LogP contribution in [0.5, 0.6) is 0 Å². The molecule has 6 heteroatoms. The number of nitrogens with one attached hydrogen (secondary N) is 2. The van der Waals surface area contributed by atoms with Gasteiger partial charge in [-0.3, -0.25) is 14.9 Å². The van der Waals surface area contributed by atoms with Gasteiger partial charge in [-0.05, 0) is 52.7 Å². The molecule has 1 rings (SSSR count). The first kappa shape index (κ1) is 23.1. The Morgan fingerprint density at radius 1 is 1.12 bits per heavy atom. The Morgan fingerprint density at radius 3 is 2.25 bits per heavy atom. The summed E-state index contributed by atoms with van der Waals surface area (Å²) in [4.78, 5) is 11.1. The zero-order valence-electron chi connectivity index (χ0n) is 16.0. The Balaban J connectivity index is 0.00000529. The summed E-state index contributed by atoms with van der Waals surface area (Å²) in [5.41, 5.74) is 2.29. The topological polar surface area (TPSA) is 52.6 Å². The maximum atomic E-state index is 4.32. The minimum atomic E-state index is 0. The number of aromatic nitrogens is 1. The summed E-state index contributed by atoms with van der Waals surface area (Å²) in [5.74, 6) is 0.859. The van der Waals surface area contributed by atoms with Crippen LogP contribution in [0.25, 0.3) is 0 Å². The van der Waals surface area contributed by atoms with Crippen molar-refractivity contribution < 1.29 is 0 Å². The monoisotopic (exact) mass is 447 g/mol. The van der Waals surface area contributed by atoms with Crippen LogP contribution in [0.2, 0.25) is 0 Å². The molecule has 0 saturated carbocycles. The molecule has 0 saturated heterocycles. The molecule has 138 valence electrons. The molecule has 0 aliphatic rings. The summed E-state index contributed by atoms with van der Waals surface area (Å²) < 4.78 is 0. The summed E-state index contributed by atoms with van der Waals surface area (Å²) in [6, 6.07) is 5.29. The number of halogens is 1. The summed E-state index contributed by atoms with van der Waals surface area (Å²) in [7, 11) is 1.81. The first-order valence-corrected chi connectivity index (χ1v) is 8.55. The highest BCUT2D eigenvalue weighted by atomic mass is 127. The molecular weight excluding hydrogens is 413 g/mol. The van der Waals surface area contributed by atoms with Crippen LogP contribution in [0.4, 0.5) is 0 Å². The van der Waals surface area contributed by atoms with E-state index in [1.165, 1.54) is 5.56 Å². The lowest BCUT2D eigenvalue weighted by Gasteiger charge is -2.30. The number of pyridine rings is 1. The van der Waals surface area contributed by atoms with Gasteiger partial charge in [0.15, 0.2) is 5.96 Å². The van der Waals surface area contributed by atoms with Crippen molar-refractivity contribution in [3.05, 3.63) is 29.6 Å². The molecule has 0 spiro atoms. The Hall–Kier alpha value is -0.890. The van der Waals surface area contributed by atoms with Gasteiger partial charge in [0.1, 0.15) is 0 Å². The molecule has 24 heavy (non-hydrogen) atoms. The fraction of sp³-hybridized carbons (Fsp3) is 0.667. The number of rotatable bonds is 8. The summed E-state index contributed by atoms with van der Waals surface area (Å²) >= 11 is 0. The zero-order valence-corrected chi connectivity index (χ0v) is 18.3. The number of hydrogen-bond donors (Lipinski definition) is 2. The molecule has 0 atom stereocenters. The van der Waals surface area contributed by atoms with E-state index in [0.717, 1.165) is 37.7 Å². The van der Waals surface area contributed by atoms with Crippen LogP contribution in [0.15, 0.2) is 23.3 Å². The smallest absolute Gasteiger partial charge is 0.191 e. The molecule has 0 amide bonds. The number of guanidine groups is 1. The highest BCUT2D eigenvalue weighted by Gasteiger charge is 2.12. The van der Waals surface area contributed by atoms with E-state index in [1.807, 2.05) is 20.2 Å². The van der Waals surface area contributed by atoms with E-state index in [9.17, 15) is 0 Å². The fourth-order valence-corrected chi connectivity index (χ4v) is 2.61. The van der Waals surface area contributed by atoms with Crippen molar-refractivity contribution in [2.24, 2.45) is 4.99 Å². The average Bonchev–Trinajstić information content (AvgIpc) is 2.50. The van der Waals surface area contributed by atoms with Crippen LogP contribution >= 0.6 is 24.0 Å². The first-order chi connectivity index (χ1) is 10.9. The van der Waals surface area contributed by atoms with E-state index in [-0.39, 0.29) is 24.0 Å². The van der Waals surface area contributed by atoms with E-state index in [1.54, 1.807) is 0 Å². The van der Waals surface area contributed by atoms with E-state index in [2.05, 4.69) is 65.3 Å². The molecule has 0 unspecified atom stereocenters. The third kappa shape index (κ3) is 8.82. The molecule has 0 aromatic carbocycles. The number of hydrogen-bond acceptors (Lipinski definition) is 3. The predicted octanol–water partition coefficient (Wildman–Crippen LogP) is 2.83. The second-order valence-electron chi connectivity index (χ2n) is 6.41. The third-order valence-corrected chi connectivity index (χ3v) is 3.89. The first-order valence-electron chi connectivity index (χ1n) is 8.55. The average molecular weight is 447 g/mol. The van der Waals surface area contributed by atoms with Gasteiger partial charge in [-0.25, -0.2) is 0 Å². The molecule has 0 fully saturated rings. The van der Waals surface area contributed by atoms with Crippen molar-refractivity contribution in [3.8, 4) is 0 Å². The SMILES string of the molecule is CN=C(NCCc1ccc(C)nc1)NCCN(C(C)C)C(C)C.I. The normalized spacial score (nSPS) is 11.8. The number of aryl methyl sites for hydroxylation is 1. The maximum absolute atomic E-state index is 4.32. The van der Waals surface area contributed by atoms with Crippen LogP contribution < -0.4 is 10.6 Å². The molecule has 1 aromatic heterocycles. The van der Waals surface area contributed by atoms with E-state index < -0.39 is 0 Å². The van der Waals surface area contributed by atoms with Gasteiger partial charge in [0, 0.05) is 50.7 Å². The van der Waals surface area contributed by atoms with Gasteiger partial charge in [-0.15, -0.1) is 24.0 Å². The minimum Gasteiger partial charge on any atom is -0.356 e. The largest absolute Gasteiger partial charge is 0.356 e. The van der Waals surface area contributed by atoms with Gasteiger partial charge in [-0.1, -0.05) is 6.07 Å². The molecular formula is C18H34IN5. The highest BCUT2D eigenvalue weighted by Crippen LogP contribution is 2.03. The summed E-state index contributed by atoms with van der Waals surface area (Å²) in [5, 5.41) is 6.74.